The van der Waals surface area contributed by atoms with Crippen LogP contribution in [-0.2, 0) is 4.74 Å². The third-order valence-corrected chi connectivity index (χ3v) is 3.55. The number of nitro groups is 1. The van der Waals surface area contributed by atoms with E-state index in [1.807, 2.05) is 6.92 Å². The molecule has 0 amide bonds. The fourth-order valence-corrected chi connectivity index (χ4v) is 2.22. The van der Waals surface area contributed by atoms with E-state index in [4.69, 9.17) is 16.3 Å². The number of ether oxygens (including phenoxy) is 1. The van der Waals surface area contributed by atoms with Crippen LogP contribution in [0, 0.1) is 16.0 Å². The van der Waals surface area contributed by atoms with E-state index >= 15 is 0 Å². The third kappa shape index (κ3) is 2.91. The lowest BCUT2D eigenvalue weighted by Crippen LogP contribution is -2.26. The number of rotatable bonds is 4. The molecule has 98 valence electrons. The molecule has 6 heteroatoms. The van der Waals surface area contributed by atoms with Gasteiger partial charge in [0.25, 0.3) is 5.69 Å². The number of nitrogens with one attached hydrogen (secondary N) is 1. The predicted molar refractivity (Wildman–Crippen MR) is 70.1 cm³/mol. The van der Waals surface area contributed by atoms with Gasteiger partial charge in [-0.3, -0.25) is 10.1 Å². The highest BCUT2D eigenvalue weighted by Gasteiger charge is 2.23. The van der Waals surface area contributed by atoms with Crippen molar-refractivity contribution in [2.24, 2.45) is 5.92 Å². The molecule has 1 aliphatic heterocycles. The fraction of sp³-hybridized carbons (Fsp3) is 0.500. The van der Waals surface area contributed by atoms with Gasteiger partial charge in [0.05, 0.1) is 22.2 Å². The van der Waals surface area contributed by atoms with Crippen molar-refractivity contribution in [1.29, 1.82) is 0 Å². The molecule has 0 spiro atoms. The minimum absolute atomic E-state index is 0.0387. The first-order valence-electron chi connectivity index (χ1n) is 5.86. The summed E-state index contributed by atoms with van der Waals surface area (Å²) in [5.41, 5.74) is 0.641. The monoisotopic (exact) mass is 270 g/mol. The van der Waals surface area contributed by atoms with E-state index in [0.717, 1.165) is 19.6 Å². The smallest absolute Gasteiger partial charge is 0.271 e. The number of nitrogens with zero attached hydrogens (tertiary/aromatic N) is 1. The topological polar surface area (TPSA) is 64.4 Å². The van der Waals surface area contributed by atoms with Gasteiger partial charge in [0.2, 0.25) is 0 Å². The molecule has 1 N–H and O–H groups in total. The minimum Gasteiger partial charge on any atom is -0.381 e. The molecule has 1 aliphatic rings. The van der Waals surface area contributed by atoms with E-state index in [-0.39, 0.29) is 11.7 Å². The van der Waals surface area contributed by atoms with Crippen LogP contribution in [-0.4, -0.2) is 24.2 Å². The first-order chi connectivity index (χ1) is 8.58. The molecule has 0 bridgehead atoms. The lowest BCUT2D eigenvalue weighted by atomic mass is 10.0. The molecule has 1 heterocycles. The Morgan fingerprint density at radius 1 is 1.61 bits per heavy atom. The van der Waals surface area contributed by atoms with Crippen LogP contribution in [0.5, 0.6) is 0 Å². The molecule has 0 radical (unpaired) electrons. The average Bonchev–Trinajstić information content (AvgIpc) is 2.85. The summed E-state index contributed by atoms with van der Waals surface area (Å²) in [7, 11) is 0. The van der Waals surface area contributed by atoms with Crippen molar-refractivity contribution in [1.82, 2.24) is 0 Å². The van der Waals surface area contributed by atoms with Crippen molar-refractivity contribution < 1.29 is 9.66 Å². The highest BCUT2D eigenvalue weighted by molar-refractivity contribution is 6.33. The summed E-state index contributed by atoms with van der Waals surface area (Å²) in [6, 6.07) is 4.58. The van der Waals surface area contributed by atoms with Gasteiger partial charge in [0, 0.05) is 30.7 Å². The summed E-state index contributed by atoms with van der Waals surface area (Å²) < 4.78 is 5.33. The van der Waals surface area contributed by atoms with E-state index in [1.54, 1.807) is 6.07 Å². The molecule has 0 aliphatic carbocycles. The largest absolute Gasteiger partial charge is 0.381 e. The van der Waals surface area contributed by atoms with Crippen LogP contribution in [0.1, 0.15) is 13.3 Å². The number of nitro benzene ring substituents is 1. The Labute approximate surface area is 110 Å². The molecule has 1 aromatic carbocycles. The molecule has 0 saturated carbocycles. The second-order valence-corrected chi connectivity index (χ2v) is 4.89. The van der Waals surface area contributed by atoms with Crippen molar-refractivity contribution in [3.8, 4) is 0 Å². The standard InChI is InChI=1S/C12H15ClN2O3/c1-8(9-4-5-18-7-9)14-12-6-10(15(16)17)2-3-11(12)13/h2-3,6,8-9,14H,4-5,7H2,1H3. The van der Waals surface area contributed by atoms with Gasteiger partial charge < -0.3 is 10.1 Å². The number of anilines is 1. The van der Waals surface area contributed by atoms with Crippen molar-refractivity contribution in [3.05, 3.63) is 33.3 Å². The third-order valence-electron chi connectivity index (χ3n) is 3.22. The quantitative estimate of drug-likeness (QED) is 0.674. The SMILES string of the molecule is CC(Nc1cc([N+](=O)[O-])ccc1Cl)C1CCOC1. The lowest BCUT2D eigenvalue weighted by Gasteiger charge is -2.21. The highest BCUT2D eigenvalue weighted by atomic mass is 35.5. The number of halogens is 1. The van der Waals surface area contributed by atoms with Gasteiger partial charge in [-0.1, -0.05) is 11.6 Å². The molecular weight excluding hydrogens is 256 g/mol. The molecule has 2 rings (SSSR count). The van der Waals surface area contributed by atoms with Crippen molar-refractivity contribution in [2.75, 3.05) is 18.5 Å². The molecule has 2 unspecified atom stereocenters. The van der Waals surface area contributed by atoms with Crippen LogP contribution in [0.15, 0.2) is 18.2 Å². The molecule has 1 fully saturated rings. The van der Waals surface area contributed by atoms with Crippen LogP contribution in [0.2, 0.25) is 5.02 Å². The molecule has 1 aromatic rings. The van der Waals surface area contributed by atoms with Crippen LogP contribution in [0.3, 0.4) is 0 Å². The Balaban J connectivity index is 2.12. The van der Waals surface area contributed by atoms with E-state index in [0.29, 0.717) is 16.6 Å². The van der Waals surface area contributed by atoms with Gasteiger partial charge in [-0.2, -0.15) is 0 Å². The Hall–Kier alpha value is -1.33. The zero-order chi connectivity index (χ0) is 13.1. The number of hydrogen-bond acceptors (Lipinski definition) is 4. The number of non-ortho nitro benzene ring substituents is 1. The second-order valence-electron chi connectivity index (χ2n) is 4.48. The van der Waals surface area contributed by atoms with E-state index < -0.39 is 4.92 Å². The van der Waals surface area contributed by atoms with Crippen LogP contribution >= 0.6 is 11.6 Å². The summed E-state index contributed by atoms with van der Waals surface area (Å²) in [6.45, 7) is 3.54. The Kier molecular flexibility index (Phi) is 4.04. The summed E-state index contributed by atoms with van der Waals surface area (Å²) in [6.07, 6.45) is 1.00. The van der Waals surface area contributed by atoms with Gasteiger partial charge >= 0.3 is 0 Å². The summed E-state index contributed by atoms with van der Waals surface area (Å²) in [5.74, 6) is 0.417. The molecular formula is C12H15ClN2O3. The van der Waals surface area contributed by atoms with E-state index in [2.05, 4.69) is 5.32 Å². The van der Waals surface area contributed by atoms with Crippen LogP contribution in [0.25, 0.3) is 0 Å². The summed E-state index contributed by atoms with van der Waals surface area (Å²) in [5, 5.41) is 14.4. The Bertz CT molecular complexity index is 447. The molecule has 0 aromatic heterocycles. The predicted octanol–water partition coefficient (Wildman–Crippen LogP) is 3.09. The van der Waals surface area contributed by atoms with Gasteiger partial charge in [-0.05, 0) is 19.4 Å². The van der Waals surface area contributed by atoms with Gasteiger partial charge in [0.15, 0.2) is 0 Å². The fourth-order valence-electron chi connectivity index (χ4n) is 2.05. The van der Waals surface area contributed by atoms with Gasteiger partial charge in [0.1, 0.15) is 0 Å². The normalized spacial score (nSPS) is 20.7. The van der Waals surface area contributed by atoms with E-state index in [1.165, 1.54) is 12.1 Å². The minimum atomic E-state index is -0.426. The second kappa shape index (κ2) is 5.54. The Morgan fingerprint density at radius 2 is 2.39 bits per heavy atom. The number of benzene rings is 1. The van der Waals surface area contributed by atoms with E-state index in [9.17, 15) is 10.1 Å². The number of hydrogen-bond donors (Lipinski definition) is 1. The first-order valence-corrected chi connectivity index (χ1v) is 6.24. The maximum absolute atomic E-state index is 10.7. The molecule has 2 atom stereocenters. The van der Waals surface area contributed by atoms with Crippen molar-refractivity contribution in [3.63, 3.8) is 0 Å². The molecule has 5 nitrogen and oxygen atoms in total. The summed E-state index contributed by atoms with van der Waals surface area (Å²) in [4.78, 5) is 10.3. The van der Waals surface area contributed by atoms with Gasteiger partial charge in [-0.25, -0.2) is 0 Å². The molecule has 18 heavy (non-hydrogen) atoms. The average molecular weight is 271 g/mol. The highest BCUT2D eigenvalue weighted by Crippen LogP contribution is 2.29. The van der Waals surface area contributed by atoms with Crippen LogP contribution < -0.4 is 5.32 Å². The lowest BCUT2D eigenvalue weighted by molar-refractivity contribution is -0.384. The van der Waals surface area contributed by atoms with Gasteiger partial charge in [-0.15, -0.1) is 0 Å². The zero-order valence-electron chi connectivity index (χ0n) is 10.1. The zero-order valence-corrected chi connectivity index (χ0v) is 10.8. The maximum Gasteiger partial charge on any atom is 0.271 e. The molecule has 1 saturated heterocycles. The van der Waals surface area contributed by atoms with Crippen molar-refractivity contribution >= 4 is 23.0 Å². The maximum atomic E-state index is 10.7. The van der Waals surface area contributed by atoms with Crippen LogP contribution in [0.4, 0.5) is 11.4 Å². The summed E-state index contributed by atoms with van der Waals surface area (Å²) >= 11 is 6.04. The van der Waals surface area contributed by atoms with Crippen molar-refractivity contribution in [2.45, 2.75) is 19.4 Å². The first kappa shape index (κ1) is 13.1. The Morgan fingerprint density at radius 3 is 3.00 bits per heavy atom.